The van der Waals surface area contributed by atoms with Crippen molar-refractivity contribution in [1.29, 1.82) is 0 Å². The van der Waals surface area contributed by atoms with Crippen molar-refractivity contribution < 1.29 is 0 Å². The maximum Gasteiger partial charge on any atom is 0.151 e. The van der Waals surface area contributed by atoms with E-state index in [9.17, 15) is 0 Å². The molecule has 94 valence electrons. The molecule has 3 heterocycles. The Morgan fingerprint density at radius 2 is 2.22 bits per heavy atom. The molecule has 5 heteroatoms. The Balaban J connectivity index is 1.78. The zero-order valence-electron chi connectivity index (χ0n) is 10.1. The summed E-state index contributed by atoms with van der Waals surface area (Å²) in [6, 6.07) is 8.43. The van der Waals surface area contributed by atoms with Gasteiger partial charge in [-0.05, 0) is 36.4 Å². The van der Waals surface area contributed by atoms with Crippen molar-refractivity contribution in [2.45, 2.75) is 18.9 Å². The van der Waals surface area contributed by atoms with Crippen molar-refractivity contribution in [1.82, 2.24) is 10.2 Å². The summed E-state index contributed by atoms with van der Waals surface area (Å²) >= 11 is 1.68. The molecule has 1 aliphatic heterocycles. The average molecular weight is 260 g/mol. The molecule has 1 unspecified atom stereocenters. The highest BCUT2D eigenvalue weighted by Crippen LogP contribution is 2.23. The Hall–Kier alpha value is -1.46. The molecule has 0 radical (unpaired) electrons. The molecule has 3 rings (SSSR count). The molecule has 0 bridgehead atoms. The lowest BCUT2D eigenvalue weighted by Crippen LogP contribution is -2.43. The molecule has 18 heavy (non-hydrogen) atoms. The van der Waals surface area contributed by atoms with E-state index in [0.29, 0.717) is 0 Å². The third-order valence-electron chi connectivity index (χ3n) is 3.21. The summed E-state index contributed by atoms with van der Waals surface area (Å²) in [4.78, 5) is 3.38. The molecule has 0 spiro atoms. The summed E-state index contributed by atoms with van der Waals surface area (Å²) < 4.78 is 0. The molecule has 0 aromatic carbocycles. The quantitative estimate of drug-likeness (QED) is 0.898. The fourth-order valence-electron chi connectivity index (χ4n) is 2.27. The summed E-state index contributed by atoms with van der Waals surface area (Å²) in [5.41, 5.74) is 6.92. The van der Waals surface area contributed by atoms with Crippen molar-refractivity contribution >= 4 is 17.2 Å². The number of aromatic nitrogens is 2. The fourth-order valence-corrected chi connectivity index (χ4v) is 2.96. The van der Waals surface area contributed by atoms with Gasteiger partial charge in [-0.2, -0.15) is 0 Å². The van der Waals surface area contributed by atoms with Crippen LogP contribution in [0.4, 0.5) is 5.82 Å². The van der Waals surface area contributed by atoms with Crippen molar-refractivity contribution in [3.8, 4) is 10.6 Å². The van der Waals surface area contributed by atoms with Gasteiger partial charge in [0.2, 0.25) is 0 Å². The van der Waals surface area contributed by atoms with Gasteiger partial charge in [-0.25, -0.2) is 0 Å². The molecule has 1 atom stereocenters. The Morgan fingerprint density at radius 3 is 2.89 bits per heavy atom. The second-order valence-electron chi connectivity index (χ2n) is 4.60. The van der Waals surface area contributed by atoms with Crippen molar-refractivity contribution in [2.24, 2.45) is 5.73 Å². The van der Waals surface area contributed by atoms with E-state index >= 15 is 0 Å². The number of nitrogens with two attached hydrogens (primary N) is 1. The number of piperidine rings is 1. The van der Waals surface area contributed by atoms with Crippen LogP contribution in [0, 0.1) is 0 Å². The van der Waals surface area contributed by atoms with E-state index in [2.05, 4.69) is 26.5 Å². The molecule has 1 aliphatic rings. The molecule has 1 saturated heterocycles. The molecular weight excluding hydrogens is 244 g/mol. The van der Waals surface area contributed by atoms with Crippen LogP contribution in [0.15, 0.2) is 29.6 Å². The first-order chi connectivity index (χ1) is 8.83. The minimum atomic E-state index is 0.262. The minimum Gasteiger partial charge on any atom is -0.354 e. The minimum absolute atomic E-state index is 0.262. The lowest BCUT2D eigenvalue weighted by Gasteiger charge is -2.31. The number of thiophene rings is 1. The highest BCUT2D eigenvalue weighted by atomic mass is 32.1. The summed E-state index contributed by atoms with van der Waals surface area (Å²) in [6.45, 7) is 1.91. The number of rotatable bonds is 2. The predicted octanol–water partition coefficient (Wildman–Crippen LogP) is 2.13. The Labute approximate surface area is 110 Å². The summed E-state index contributed by atoms with van der Waals surface area (Å²) in [7, 11) is 0. The SMILES string of the molecule is NC1CCCN(c2ccc(-c3cccs3)nn2)C1. The molecule has 0 amide bonds. The van der Waals surface area contributed by atoms with Crippen LogP contribution in [0.2, 0.25) is 0 Å². The van der Waals surface area contributed by atoms with Crippen molar-refractivity contribution in [3.05, 3.63) is 29.6 Å². The number of anilines is 1. The lowest BCUT2D eigenvalue weighted by atomic mass is 10.1. The molecule has 2 N–H and O–H groups in total. The number of hydrogen-bond acceptors (Lipinski definition) is 5. The smallest absolute Gasteiger partial charge is 0.151 e. The van der Waals surface area contributed by atoms with E-state index < -0.39 is 0 Å². The Kier molecular flexibility index (Phi) is 3.25. The van der Waals surface area contributed by atoms with Gasteiger partial charge in [-0.1, -0.05) is 6.07 Å². The topological polar surface area (TPSA) is 55.0 Å². The van der Waals surface area contributed by atoms with Gasteiger partial charge in [-0.15, -0.1) is 21.5 Å². The molecule has 0 aliphatic carbocycles. The highest BCUT2D eigenvalue weighted by molar-refractivity contribution is 7.13. The van der Waals surface area contributed by atoms with Gasteiger partial charge in [-0.3, -0.25) is 0 Å². The van der Waals surface area contributed by atoms with E-state index in [1.54, 1.807) is 11.3 Å². The van der Waals surface area contributed by atoms with Gasteiger partial charge in [0, 0.05) is 19.1 Å². The lowest BCUT2D eigenvalue weighted by molar-refractivity contribution is 0.502. The van der Waals surface area contributed by atoms with Crippen LogP contribution >= 0.6 is 11.3 Å². The van der Waals surface area contributed by atoms with Crippen LogP contribution in [0.1, 0.15) is 12.8 Å². The first kappa shape index (κ1) is 11.6. The second-order valence-corrected chi connectivity index (χ2v) is 5.55. The zero-order chi connectivity index (χ0) is 12.4. The maximum atomic E-state index is 5.98. The fraction of sp³-hybridized carbons (Fsp3) is 0.385. The van der Waals surface area contributed by atoms with Crippen LogP contribution < -0.4 is 10.6 Å². The molecular formula is C13H16N4S. The van der Waals surface area contributed by atoms with Crippen LogP contribution in [-0.4, -0.2) is 29.3 Å². The van der Waals surface area contributed by atoms with E-state index in [1.807, 2.05) is 18.2 Å². The molecule has 2 aromatic heterocycles. The third-order valence-corrected chi connectivity index (χ3v) is 4.10. The molecule has 4 nitrogen and oxygen atoms in total. The van der Waals surface area contributed by atoms with Crippen LogP contribution in [0.5, 0.6) is 0 Å². The zero-order valence-corrected chi connectivity index (χ0v) is 10.9. The van der Waals surface area contributed by atoms with E-state index in [-0.39, 0.29) is 6.04 Å². The molecule has 2 aromatic rings. The summed E-state index contributed by atoms with van der Waals surface area (Å²) in [5.74, 6) is 0.936. The van der Waals surface area contributed by atoms with Crippen molar-refractivity contribution in [2.75, 3.05) is 18.0 Å². The summed E-state index contributed by atoms with van der Waals surface area (Å²) in [5, 5.41) is 10.7. The van der Waals surface area contributed by atoms with Gasteiger partial charge in [0.1, 0.15) is 5.69 Å². The predicted molar refractivity (Wildman–Crippen MR) is 74.8 cm³/mol. The number of hydrogen-bond donors (Lipinski definition) is 1. The molecule has 0 saturated carbocycles. The Bertz CT molecular complexity index is 494. The standard InChI is InChI=1S/C13H16N4S/c14-10-3-1-7-17(9-10)13-6-5-11(15-16-13)12-4-2-8-18-12/h2,4-6,8,10H,1,3,7,9,14H2. The van der Waals surface area contributed by atoms with Crippen LogP contribution in [0.3, 0.4) is 0 Å². The maximum absolute atomic E-state index is 5.98. The van der Waals surface area contributed by atoms with Crippen LogP contribution in [-0.2, 0) is 0 Å². The van der Waals surface area contributed by atoms with Crippen molar-refractivity contribution in [3.63, 3.8) is 0 Å². The third kappa shape index (κ3) is 2.37. The summed E-state index contributed by atoms with van der Waals surface area (Å²) in [6.07, 6.45) is 2.24. The largest absolute Gasteiger partial charge is 0.354 e. The number of nitrogens with zero attached hydrogens (tertiary/aromatic N) is 3. The average Bonchev–Trinajstić information content (AvgIpc) is 2.93. The van der Waals surface area contributed by atoms with E-state index in [0.717, 1.165) is 42.3 Å². The first-order valence-electron chi connectivity index (χ1n) is 6.21. The van der Waals surface area contributed by atoms with Gasteiger partial charge >= 0.3 is 0 Å². The van der Waals surface area contributed by atoms with Crippen LogP contribution in [0.25, 0.3) is 10.6 Å². The molecule has 1 fully saturated rings. The normalized spacial score (nSPS) is 20.1. The Morgan fingerprint density at radius 1 is 1.28 bits per heavy atom. The van der Waals surface area contributed by atoms with Gasteiger partial charge in [0.05, 0.1) is 4.88 Å². The second kappa shape index (κ2) is 5.04. The monoisotopic (exact) mass is 260 g/mol. The van der Waals surface area contributed by atoms with Gasteiger partial charge in [0.25, 0.3) is 0 Å². The van der Waals surface area contributed by atoms with Gasteiger partial charge < -0.3 is 10.6 Å². The first-order valence-corrected chi connectivity index (χ1v) is 7.09. The highest BCUT2D eigenvalue weighted by Gasteiger charge is 2.18. The van der Waals surface area contributed by atoms with E-state index in [1.165, 1.54) is 0 Å². The van der Waals surface area contributed by atoms with E-state index in [4.69, 9.17) is 5.73 Å². The van der Waals surface area contributed by atoms with Gasteiger partial charge in [0.15, 0.2) is 5.82 Å².